The van der Waals surface area contributed by atoms with E-state index in [0.717, 1.165) is 20.6 Å². The number of carbonyl (C=O) groups is 1. The summed E-state index contributed by atoms with van der Waals surface area (Å²) in [7, 11) is 0. The Morgan fingerprint density at radius 1 is 1.22 bits per heavy atom. The Balaban J connectivity index is 1.65. The van der Waals surface area contributed by atoms with E-state index >= 15 is 0 Å². The molecule has 0 radical (unpaired) electrons. The molecule has 0 saturated heterocycles. The molecule has 0 spiro atoms. The molecule has 1 aromatic carbocycles. The number of rotatable bonds is 4. The molecular weight excluding hydrogens is 350 g/mol. The standard InChI is InChI=1S/C16H12ClN3OS2/c1-10-9-22-16(19-10)23-13-5-3-12(4-6-13)20-15(21)11-2-7-14(17)18-8-11/h2-9H,1H3,(H,20,21). The summed E-state index contributed by atoms with van der Waals surface area (Å²) in [6, 6.07) is 10.9. The third-order valence-electron chi connectivity index (χ3n) is 2.90. The molecule has 0 aliphatic carbocycles. The van der Waals surface area contributed by atoms with Gasteiger partial charge in [0, 0.05) is 27.9 Å². The van der Waals surface area contributed by atoms with Crippen LogP contribution in [0.4, 0.5) is 5.69 Å². The van der Waals surface area contributed by atoms with Crippen LogP contribution < -0.4 is 5.32 Å². The van der Waals surface area contributed by atoms with Crippen LogP contribution >= 0.6 is 34.7 Å². The van der Waals surface area contributed by atoms with E-state index in [1.807, 2.05) is 36.6 Å². The first-order chi connectivity index (χ1) is 11.1. The lowest BCUT2D eigenvalue weighted by atomic mass is 10.2. The number of benzene rings is 1. The molecule has 116 valence electrons. The molecule has 2 heterocycles. The molecule has 0 aliphatic heterocycles. The van der Waals surface area contributed by atoms with E-state index in [1.54, 1.807) is 35.2 Å². The van der Waals surface area contributed by atoms with Crippen LogP contribution in [0.5, 0.6) is 0 Å². The summed E-state index contributed by atoms with van der Waals surface area (Å²) >= 11 is 8.94. The number of hydrogen-bond acceptors (Lipinski definition) is 5. The monoisotopic (exact) mass is 361 g/mol. The van der Waals surface area contributed by atoms with Gasteiger partial charge in [-0.2, -0.15) is 0 Å². The first-order valence-corrected chi connectivity index (χ1v) is 8.80. The van der Waals surface area contributed by atoms with E-state index in [9.17, 15) is 4.79 Å². The predicted octanol–water partition coefficient (Wildman–Crippen LogP) is 4.90. The quantitative estimate of drug-likeness (QED) is 0.671. The van der Waals surface area contributed by atoms with Crippen LogP contribution in [0.2, 0.25) is 5.15 Å². The Morgan fingerprint density at radius 2 is 2.00 bits per heavy atom. The van der Waals surface area contributed by atoms with Crippen LogP contribution in [0.25, 0.3) is 0 Å². The number of aryl methyl sites for hydroxylation is 1. The Morgan fingerprint density at radius 3 is 2.61 bits per heavy atom. The number of nitrogens with one attached hydrogen (secondary N) is 1. The zero-order valence-corrected chi connectivity index (χ0v) is 14.5. The van der Waals surface area contributed by atoms with Crippen LogP contribution in [0, 0.1) is 6.92 Å². The SMILES string of the molecule is Cc1csc(Sc2ccc(NC(=O)c3ccc(Cl)nc3)cc2)n1. The van der Waals surface area contributed by atoms with E-state index in [1.165, 1.54) is 6.20 Å². The van der Waals surface area contributed by atoms with Gasteiger partial charge in [0.2, 0.25) is 0 Å². The topological polar surface area (TPSA) is 54.9 Å². The van der Waals surface area contributed by atoms with Crippen LogP contribution in [0.15, 0.2) is 57.2 Å². The van der Waals surface area contributed by atoms with Crippen molar-refractivity contribution in [2.24, 2.45) is 0 Å². The third-order valence-corrected chi connectivity index (χ3v) is 5.19. The van der Waals surface area contributed by atoms with Crippen molar-refractivity contribution in [2.75, 3.05) is 5.32 Å². The number of halogens is 1. The second-order valence-corrected chi connectivity index (χ2v) is 7.27. The van der Waals surface area contributed by atoms with E-state index in [4.69, 9.17) is 11.6 Å². The Bertz CT molecular complexity index is 816. The van der Waals surface area contributed by atoms with Gasteiger partial charge in [0.15, 0.2) is 4.34 Å². The summed E-state index contributed by atoms with van der Waals surface area (Å²) in [6.45, 7) is 1.98. The highest BCUT2D eigenvalue weighted by Crippen LogP contribution is 2.30. The van der Waals surface area contributed by atoms with Gasteiger partial charge in [-0.3, -0.25) is 4.79 Å². The average molecular weight is 362 g/mol. The number of nitrogens with zero attached hydrogens (tertiary/aromatic N) is 2. The highest BCUT2D eigenvalue weighted by atomic mass is 35.5. The summed E-state index contributed by atoms with van der Waals surface area (Å²) in [5, 5.41) is 5.21. The van der Waals surface area contributed by atoms with Gasteiger partial charge in [0.25, 0.3) is 5.91 Å². The Kier molecular flexibility index (Phi) is 4.95. The molecule has 0 unspecified atom stereocenters. The molecule has 0 atom stereocenters. The molecule has 0 saturated carbocycles. The summed E-state index contributed by atoms with van der Waals surface area (Å²) in [6.07, 6.45) is 1.45. The Labute approximate surface area is 146 Å². The maximum Gasteiger partial charge on any atom is 0.257 e. The average Bonchev–Trinajstić information content (AvgIpc) is 2.95. The minimum Gasteiger partial charge on any atom is -0.322 e. The summed E-state index contributed by atoms with van der Waals surface area (Å²) in [4.78, 5) is 21.5. The molecule has 2 aromatic heterocycles. The van der Waals surface area contributed by atoms with Crippen molar-refractivity contribution in [3.05, 3.63) is 64.4 Å². The number of thiazole rings is 1. The van der Waals surface area contributed by atoms with E-state index in [-0.39, 0.29) is 5.91 Å². The predicted molar refractivity (Wildman–Crippen MR) is 94.6 cm³/mol. The number of pyridine rings is 1. The van der Waals surface area contributed by atoms with E-state index in [2.05, 4.69) is 15.3 Å². The van der Waals surface area contributed by atoms with Gasteiger partial charge in [-0.05, 0) is 43.3 Å². The summed E-state index contributed by atoms with van der Waals surface area (Å²) in [5.74, 6) is -0.217. The van der Waals surface area contributed by atoms with E-state index in [0.29, 0.717) is 10.7 Å². The lowest BCUT2D eigenvalue weighted by Crippen LogP contribution is -2.11. The van der Waals surface area contributed by atoms with Gasteiger partial charge in [0.05, 0.1) is 5.56 Å². The first-order valence-electron chi connectivity index (χ1n) is 6.73. The lowest BCUT2D eigenvalue weighted by molar-refractivity contribution is 0.102. The molecule has 0 aliphatic rings. The maximum absolute atomic E-state index is 12.1. The van der Waals surface area contributed by atoms with Crippen LogP contribution in [0.3, 0.4) is 0 Å². The second kappa shape index (κ2) is 7.12. The zero-order chi connectivity index (χ0) is 16.2. The van der Waals surface area contributed by atoms with E-state index < -0.39 is 0 Å². The molecule has 0 bridgehead atoms. The first kappa shape index (κ1) is 16.0. The highest BCUT2D eigenvalue weighted by Gasteiger charge is 2.07. The second-order valence-electron chi connectivity index (χ2n) is 4.70. The molecule has 1 N–H and O–H groups in total. The largest absolute Gasteiger partial charge is 0.322 e. The van der Waals surface area contributed by atoms with Gasteiger partial charge in [0.1, 0.15) is 5.15 Å². The van der Waals surface area contributed by atoms with Crippen molar-refractivity contribution in [3.8, 4) is 0 Å². The van der Waals surface area contributed by atoms with Crippen LogP contribution in [0.1, 0.15) is 16.1 Å². The number of carbonyl (C=O) groups excluding carboxylic acids is 1. The van der Waals surface area contributed by atoms with Gasteiger partial charge in [-0.15, -0.1) is 11.3 Å². The van der Waals surface area contributed by atoms with Crippen molar-refractivity contribution in [3.63, 3.8) is 0 Å². The minimum atomic E-state index is -0.217. The van der Waals surface area contributed by atoms with Crippen LogP contribution in [-0.4, -0.2) is 15.9 Å². The minimum absolute atomic E-state index is 0.217. The fourth-order valence-corrected chi connectivity index (χ4v) is 3.72. The smallest absolute Gasteiger partial charge is 0.257 e. The van der Waals surface area contributed by atoms with Gasteiger partial charge in [-0.25, -0.2) is 9.97 Å². The molecule has 3 rings (SSSR count). The van der Waals surface area contributed by atoms with Crippen molar-refractivity contribution in [2.45, 2.75) is 16.2 Å². The molecule has 23 heavy (non-hydrogen) atoms. The number of anilines is 1. The van der Waals surface area contributed by atoms with Gasteiger partial charge >= 0.3 is 0 Å². The molecule has 4 nitrogen and oxygen atoms in total. The molecule has 3 aromatic rings. The molecule has 7 heteroatoms. The normalized spacial score (nSPS) is 10.5. The van der Waals surface area contributed by atoms with Crippen molar-refractivity contribution >= 4 is 46.3 Å². The fourth-order valence-electron chi connectivity index (χ4n) is 1.80. The van der Waals surface area contributed by atoms with Gasteiger partial charge < -0.3 is 5.32 Å². The van der Waals surface area contributed by atoms with Gasteiger partial charge in [-0.1, -0.05) is 23.4 Å². The van der Waals surface area contributed by atoms with Crippen molar-refractivity contribution < 1.29 is 4.79 Å². The van der Waals surface area contributed by atoms with Crippen molar-refractivity contribution in [1.82, 2.24) is 9.97 Å². The lowest BCUT2D eigenvalue weighted by Gasteiger charge is -2.06. The Hall–Kier alpha value is -1.89. The number of aromatic nitrogens is 2. The van der Waals surface area contributed by atoms with Crippen LogP contribution in [-0.2, 0) is 0 Å². The fraction of sp³-hybridized carbons (Fsp3) is 0.0625. The highest BCUT2D eigenvalue weighted by molar-refractivity contribution is 8.01. The van der Waals surface area contributed by atoms with Crippen molar-refractivity contribution in [1.29, 1.82) is 0 Å². The molecular formula is C16H12ClN3OS2. The zero-order valence-electron chi connectivity index (χ0n) is 12.1. The third kappa shape index (κ3) is 4.31. The summed E-state index contributed by atoms with van der Waals surface area (Å²) < 4.78 is 1.01. The molecule has 0 fully saturated rings. The maximum atomic E-state index is 12.1. The number of amides is 1. The summed E-state index contributed by atoms with van der Waals surface area (Å²) in [5.41, 5.74) is 2.22. The molecule has 1 amide bonds. The number of hydrogen-bond donors (Lipinski definition) is 1.